The van der Waals surface area contributed by atoms with E-state index in [9.17, 15) is 22.4 Å². The van der Waals surface area contributed by atoms with Crippen molar-refractivity contribution in [1.29, 1.82) is 0 Å². The Morgan fingerprint density at radius 2 is 1.62 bits per heavy atom. The Kier molecular flexibility index (Phi) is 6.13. The molecule has 0 bridgehead atoms. The molecule has 0 radical (unpaired) electrons. The van der Waals surface area contributed by atoms with Crippen LogP contribution in [0.3, 0.4) is 0 Å². The molecular weight excluding hydrogens is 558 g/mol. The van der Waals surface area contributed by atoms with Crippen LogP contribution in [0.2, 0.25) is 0 Å². The number of carbonyl (C=O) groups is 1. The Morgan fingerprint density at radius 3 is 2.25 bits per heavy atom. The fraction of sp³-hybridized carbons (Fsp3) is 0.0870. The number of halogens is 6. The van der Waals surface area contributed by atoms with E-state index in [-0.39, 0.29) is 23.7 Å². The maximum Gasteiger partial charge on any atom is 0.416 e. The SMILES string of the molecule is O=C1Nc2cc(C(F)(F)F)ccc2/C1=C/c1cc(Br)c(OCc2ccc(F)cc2)c(Br)c1. The summed E-state index contributed by atoms with van der Waals surface area (Å²) in [5, 5.41) is 2.48. The van der Waals surface area contributed by atoms with Gasteiger partial charge in [0.05, 0.1) is 14.5 Å². The topological polar surface area (TPSA) is 38.3 Å². The third kappa shape index (κ3) is 4.73. The molecule has 164 valence electrons. The van der Waals surface area contributed by atoms with Crippen molar-refractivity contribution in [3.8, 4) is 5.75 Å². The number of fused-ring (bicyclic) bond motifs is 1. The maximum absolute atomic E-state index is 13.0. The molecule has 3 aromatic carbocycles. The molecule has 3 aromatic rings. The molecule has 0 aliphatic carbocycles. The number of rotatable bonds is 4. The number of nitrogens with one attached hydrogen (secondary N) is 1. The van der Waals surface area contributed by atoms with E-state index in [0.717, 1.165) is 17.7 Å². The highest BCUT2D eigenvalue weighted by molar-refractivity contribution is 9.11. The average molecular weight is 571 g/mol. The van der Waals surface area contributed by atoms with Crippen molar-refractivity contribution in [3.05, 3.63) is 91.6 Å². The molecule has 1 heterocycles. The van der Waals surface area contributed by atoms with Crippen molar-refractivity contribution >= 4 is 55.1 Å². The van der Waals surface area contributed by atoms with Crippen LogP contribution in [0.1, 0.15) is 22.3 Å². The van der Waals surface area contributed by atoms with E-state index in [1.165, 1.54) is 18.2 Å². The third-order valence-electron chi connectivity index (χ3n) is 4.76. The lowest BCUT2D eigenvalue weighted by molar-refractivity contribution is -0.137. The first-order chi connectivity index (χ1) is 15.1. The van der Waals surface area contributed by atoms with Crippen LogP contribution >= 0.6 is 31.9 Å². The van der Waals surface area contributed by atoms with E-state index >= 15 is 0 Å². The van der Waals surface area contributed by atoms with Gasteiger partial charge in [-0.3, -0.25) is 4.79 Å². The number of carbonyl (C=O) groups excluding carboxylic acids is 1. The van der Waals surface area contributed by atoms with Gasteiger partial charge in [0.1, 0.15) is 18.2 Å². The molecule has 1 aliphatic heterocycles. The Balaban J connectivity index is 1.60. The summed E-state index contributed by atoms with van der Waals surface area (Å²) in [4.78, 5) is 12.4. The first-order valence-corrected chi connectivity index (χ1v) is 10.8. The molecule has 4 rings (SSSR count). The third-order valence-corrected chi connectivity index (χ3v) is 5.94. The Hall–Kier alpha value is -2.65. The quantitative estimate of drug-likeness (QED) is 0.261. The largest absolute Gasteiger partial charge is 0.487 e. The van der Waals surface area contributed by atoms with Crippen LogP contribution in [0.25, 0.3) is 11.6 Å². The number of hydrogen-bond donors (Lipinski definition) is 1. The van der Waals surface area contributed by atoms with Gasteiger partial charge in [0.25, 0.3) is 5.91 Å². The molecule has 9 heteroatoms. The molecule has 1 amide bonds. The molecule has 0 saturated heterocycles. The summed E-state index contributed by atoms with van der Waals surface area (Å²) in [7, 11) is 0. The fourth-order valence-corrected chi connectivity index (χ4v) is 4.67. The Morgan fingerprint density at radius 1 is 0.969 bits per heavy atom. The highest BCUT2D eigenvalue weighted by Crippen LogP contribution is 2.40. The molecule has 0 atom stereocenters. The zero-order valence-corrected chi connectivity index (χ0v) is 19.2. The summed E-state index contributed by atoms with van der Waals surface area (Å²) in [5.74, 6) is -0.300. The molecule has 32 heavy (non-hydrogen) atoms. The number of ether oxygens (including phenoxy) is 1. The van der Waals surface area contributed by atoms with Gasteiger partial charge in [0, 0.05) is 16.8 Å². The number of benzene rings is 3. The van der Waals surface area contributed by atoms with Crippen LogP contribution in [-0.2, 0) is 17.6 Å². The summed E-state index contributed by atoms with van der Waals surface area (Å²) < 4.78 is 58.9. The van der Waals surface area contributed by atoms with Gasteiger partial charge >= 0.3 is 6.18 Å². The monoisotopic (exact) mass is 569 g/mol. The van der Waals surface area contributed by atoms with Gasteiger partial charge in [0.2, 0.25) is 0 Å². The summed E-state index contributed by atoms with van der Waals surface area (Å²) in [6, 6.07) is 12.6. The first kappa shape index (κ1) is 22.5. The average Bonchev–Trinajstić information content (AvgIpc) is 3.02. The smallest absolute Gasteiger partial charge is 0.416 e. The minimum Gasteiger partial charge on any atom is -0.487 e. The number of amides is 1. The molecule has 0 fully saturated rings. The molecule has 0 spiro atoms. The van der Waals surface area contributed by atoms with Crippen molar-refractivity contribution in [2.24, 2.45) is 0 Å². The minimum absolute atomic E-state index is 0.119. The second-order valence-corrected chi connectivity index (χ2v) is 8.71. The van der Waals surface area contributed by atoms with E-state index < -0.39 is 17.6 Å². The standard InChI is InChI=1S/C23H13Br2F4NO2/c24-18-8-13(9-19(25)21(18)32-11-12-1-4-15(26)5-2-12)7-17-16-6-3-14(23(27,28)29)10-20(16)30-22(17)31/h1-10H,11H2,(H,30,31)/b17-7-. The zero-order chi connectivity index (χ0) is 23.0. The summed E-state index contributed by atoms with van der Waals surface area (Å²) in [6.07, 6.45) is -2.90. The van der Waals surface area contributed by atoms with Gasteiger partial charge in [-0.25, -0.2) is 4.39 Å². The molecule has 0 unspecified atom stereocenters. The second kappa shape index (κ2) is 8.71. The number of hydrogen-bond acceptors (Lipinski definition) is 2. The molecule has 3 nitrogen and oxygen atoms in total. The van der Waals surface area contributed by atoms with Crippen LogP contribution < -0.4 is 10.1 Å². The van der Waals surface area contributed by atoms with Crippen molar-refractivity contribution < 1.29 is 27.1 Å². The van der Waals surface area contributed by atoms with Gasteiger partial charge in [-0.05, 0) is 85.5 Å². The molecular formula is C23H13Br2F4NO2. The van der Waals surface area contributed by atoms with Crippen molar-refractivity contribution in [2.75, 3.05) is 5.32 Å². The van der Waals surface area contributed by atoms with Crippen molar-refractivity contribution in [1.82, 2.24) is 0 Å². The van der Waals surface area contributed by atoms with Crippen LogP contribution in [0.4, 0.5) is 23.2 Å². The molecule has 0 aromatic heterocycles. The van der Waals surface area contributed by atoms with E-state index in [1.807, 2.05) is 0 Å². The fourth-order valence-electron chi connectivity index (χ4n) is 3.22. The second-order valence-electron chi connectivity index (χ2n) is 7.00. The van der Waals surface area contributed by atoms with E-state index in [1.54, 1.807) is 30.3 Å². The Bertz CT molecular complexity index is 1210. The zero-order valence-electron chi connectivity index (χ0n) is 16.1. The van der Waals surface area contributed by atoms with Gasteiger partial charge in [-0.15, -0.1) is 0 Å². The van der Waals surface area contributed by atoms with Gasteiger partial charge in [0.15, 0.2) is 0 Å². The first-order valence-electron chi connectivity index (χ1n) is 9.23. The predicted octanol–water partition coefficient (Wildman–Crippen LogP) is 7.44. The van der Waals surface area contributed by atoms with Crippen LogP contribution in [-0.4, -0.2) is 5.91 Å². The van der Waals surface area contributed by atoms with Gasteiger partial charge in [-0.1, -0.05) is 18.2 Å². The van der Waals surface area contributed by atoms with E-state index in [2.05, 4.69) is 37.2 Å². The van der Waals surface area contributed by atoms with Crippen molar-refractivity contribution in [2.45, 2.75) is 12.8 Å². The van der Waals surface area contributed by atoms with E-state index in [4.69, 9.17) is 4.74 Å². The normalized spacial score (nSPS) is 14.4. The summed E-state index contributed by atoms with van der Waals surface area (Å²) in [5.41, 5.74) is 1.36. The van der Waals surface area contributed by atoms with Gasteiger partial charge in [-0.2, -0.15) is 13.2 Å². The highest BCUT2D eigenvalue weighted by atomic mass is 79.9. The summed E-state index contributed by atoms with van der Waals surface area (Å²) >= 11 is 6.88. The van der Waals surface area contributed by atoms with Crippen LogP contribution in [0.15, 0.2) is 63.5 Å². The lowest BCUT2D eigenvalue weighted by Crippen LogP contribution is -2.06. The Labute approximate surface area is 197 Å². The van der Waals surface area contributed by atoms with Crippen LogP contribution in [0.5, 0.6) is 5.75 Å². The van der Waals surface area contributed by atoms with E-state index in [0.29, 0.717) is 25.8 Å². The summed E-state index contributed by atoms with van der Waals surface area (Å²) in [6.45, 7) is 0.217. The van der Waals surface area contributed by atoms with Gasteiger partial charge < -0.3 is 10.1 Å². The van der Waals surface area contributed by atoms with Crippen molar-refractivity contribution in [3.63, 3.8) is 0 Å². The minimum atomic E-state index is -4.49. The highest BCUT2D eigenvalue weighted by Gasteiger charge is 2.33. The lowest BCUT2D eigenvalue weighted by atomic mass is 10.0. The predicted molar refractivity (Wildman–Crippen MR) is 121 cm³/mol. The maximum atomic E-state index is 13.0. The number of anilines is 1. The lowest BCUT2D eigenvalue weighted by Gasteiger charge is -2.12. The number of alkyl halides is 3. The molecule has 1 N–H and O–H groups in total. The molecule has 1 aliphatic rings. The molecule has 0 saturated carbocycles. The van der Waals surface area contributed by atoms with Crippen LogP contribution in [0, 0.1) is 5.82 Å².